The van der Waals surface area contributed by atoms with Crippen LogP contribution < -0.4 is 21.5 Å². The lowest BCUT2D eigenvalue weighted by Gasteiger charge is -2.36. The van der Waals surface area contributed by atoms with E-state index in [9.17, 15) is 14.4 Å². The number of hydrogen-bond acceptors (Lipinski definition) is 5. The number of aromatic amines is 2. The van der Waals surface area contributed by atoms with Crippen LogP contribution in [-0.2, 0) is 11.2 Å². The van der Waals surface area contributed by atoms with E-state index in [-0.39, 0.29) is 12.3 Å². The van der Waals surface area contributed by atoms with Crippen LogP contribution in [-0.4, -0.2) is 60.0 Å². The molecule has 1 aliphatic heterocycles. The Labute approximate surface area is 169 Å². The molecule has 29 heavy (non-hydrogen) atoms. The number of nitrogens with zero attached hydrogens (tertiary/aromatic N) is 2. The normalized spacial score (nSPS) is 14.7. The van der Waals surface area contributed by atoms with Gasteiger partial charge in [0.05, 0.1) is 0 Å². The number of aryl methyl sites for hydroxylation is 1. The standard InChI is InChI=1S/C21H29N5O3/c1-16-18(20(28)24-21(29)23-16)8-9-19(27)22-10-5-11-25-12-14-26(15-13-25)17-6-3-2-4-7-17/h2-4,6-7H,5,8-15H2,1H3,(H,22,27)(H2,23,24,28,29). The Morgan fingerprint density at radius 2 is 1.79 bits per heavy atom. The first-order valence-electron chi connectivity index (χ1n) is 10.1. The maximum atomic E-state index is 12.0. The van der Waals surface area contributed by atoms with Crippen molar-refractivity contribution in [2.24, 2.45) is 0 Å². The van der Waals surface area contributed by atoms with E-state index in [2.05, 4.69) is 49.4 Å². The molecular weight excluding hydrogens is 370 g/mol. The molecule has 1 aromatic carbocycles. The van der Waals surface area contributed by atoms with E-state index >= 15 is 0 Å². The predicted octanol–water partition coefficient (Wildman–Crippen LogP) is 0.633. The topological polar surface area (TPSA) is 101 Å². The highest BCUT2D eigenvalue weighted by Gasteiger charge is 2.16. The van der Waals surface area contributed by atoms with Gasteiger partial charge in [0, 0.05) is 56.1 Å². The first-order chi connectivity index (χ1) is 14.0. The van der Waals surface area contributed by atoms with Crippen LogP contribution in [0.25, 0.3) is 0 Å². The van der Waals surface area contributed by atoms with Crippen molar-refractivity contribution in [3.8, 4) is 0 Å². The molecule has 1 saturated heterocycles. The predicted molar refractivity (Wildman–Crippen MR) is 113 cm³/mol. The van der Waals surface area contributed by atoms with Crippen LogP contribution in [0.4, 0.5) is 5.69 Å². The molecule has 0 unspecified atom stereocenters. The van der Waals surface area contributed by atoms with Crippen LogP contribution in [0.1, 0.15) is 24.1 Å². The molecule has 1 amide bonds. The van der Waals surface area contributed by atoms with Crippen molar-refractivity contribution in [1.82, 2.24) is 20.2 Å². The highest BCUT2D eigenvalue weighted by Crippen LogP contribution is 2.15. The van der Waals surface area contributed by atoms with Crippen LogP contribution in [0.5, 0.6) is 0 Å². The van der Waals surface area contributed by atoms with Gasteiger partial charge in [-0.2, -0.15) is 0 Å². The fraction of sp³-hybridized carbons (Fsp3) is 0.476. The molecule has 8 heteroatoms. The van der Waals surface area contributed by atoms with Gasteiger partial charge in [-0.3, -0.25) is 19.5 Å². The Kier molecular flexibility index (Phi) is 7.24. The first kappa shape index (κ1) is 20.9. The number of aromatic nitrogens is 2. The molecule has 1 aromatic heterocycles. The zero-order chi connectivity index (χ0) is 20.6. The molecule has 2 heterocycles. The Hall–Kier alpha value is -2.87. The molecule has 1 aliphatic rings. The van der Waals surface area contributed by atoms with Crippen molar-refractivity contribution in [2.75, 3.05) is 44.2 Å². The van der Waals surface area contributed by atoms with Gasteiger partial charge in [0.2, 0.25) is 5.91 Å². The summed E-state index contributed by atoms with van der Waals surface area (Å²) < 4.78 is 0. The van der Waals surface area contributed by atoms with Crippen LogP contribution in [0, 0.1) is 6.92 Å². The van der Waals surface area contributed by atoms with E-state index in [1.54, 1.807) is 6.92 Å². The highest BCUT2D eigenvalue weighted by atomic mass is 16.2. The minimum atomic E-state index is -0.523. The van der Waals surface area contributed by atoms with Crippen LogP contribution in [0.3, 0.4) is 0 Å². The Morgan fingerprint density at radius 3 is 2.48 bits per heavy atom. The number of carbonyl (C=O) groups excluding carboxylic acids is 1. The molecule has 156 valence electrons. The molecule has 0 spiro atoms. The lowest BCUT2D eigenvalue weighted by molar-refractivity contribution is -0.121. The van der Waals surface area contributed by atoms with Crippen molar-refractivity contribution in [1.29, 1.82) is 0 Å². The van der Waals surface area contributed by atoms with E-state index < -0.39 is 11.2 Å². The Bertz CT molecular complexity index is 914. The SMILES string of the molecule is Cc1[nH]c(=O)[nH]c(=O)c1CCC(=O)NCCCN1CCN(c2ccccc2)CC1. The van der Waals surface area contributed by atoms with Gasteiger partial charge in [0.25, 0.3) is 5.56 Å². The molecule has 0 bridgehead atoms. The quantitative estimate of drug-likeness (QED) is 0.566. The van der Waals surface area contributed by atoms with Gasteiger partial charge < -0.3 is 15.2 Å². The van der Waals surface area contributed by atoms with E-state index in [4.69, 9.17) is 0 Å². The fourth-order valence-electron chi connectivity index (χ4n) is 3.65. The van der Waals surface area contributed by atoms with Gasteiger partial charge >= 0.3 is 5.69 Å². The first-order valence-corrected chi connectivity index (χ1v) is 10.1. The molecule has 0 atom stereocenters. The van der Waals surface area contributed by atoms with Crippen molar-refractivity contribution in [2.45, 2.75) is 26.2 Å². The van der Waals surface area contributed by atoms with Gasteiger partial charge in [0.1, 0.15) is 0 Å². The molecule has 3 rings (SSSR count). The molecule has 0 saturated carbocycles. The number of anilines is 1. The molecule has 0 radical (unpaired) electrons. The summed E-state index contributed by atoms with van der Waals surface area (Å²) in [7, 11) is 0. The van der Waals surface area contributed by atoms with E-state index in [0.29, 0.717) is 24.2 Å². The molecule has 8 nitrogen and oxygen atoms in total. The second-order valence-corrected chi connectivity index (χ2v) is 7.38. The third-order valence-corrected chi connectivity index (χ3v) is 5.32. The summed E-state index contributed by atoms with van der Waals surface area (Å²) in [5, 5.41) is 2.92. The van der Waals surface area contributed by atoms with Gasteiger partial charge in [-0.15, -0.1) is 0 Å². The fourth-order valence-corrected chi connectivity index (χ4v) is 3.65. The minimum Gasteiger partial charge on any atom is -0.369 e. The summed E-state index contributed by atoms with van der Waals surface area (Å²) in [4.78, 5) is 44.6. The van der Waals surface area contributed by atoms with Crippen LogP contribution >= 0.6 is 0 Å². The summed E-state index contributed by atoms with van der Waals surface area (Å²) in [5.41, 5.74) is 1.30. The maximum Gasteiger partial charge on any atom is 0.325 e. The molecule has 1 fully saturated rings. The monoisotopic (exact) mass is 399 g/mol. The number of H-pyrrole nitrogens is 2. The number of rotatable bonds is 8. The van der Waals surface area contributed by atoms with Crippen molar-refractivity contribution in [3.05, 3.63) is 62.4 Å². The second-order valence-electron chi connectivity index (χ2n) is 7.38. The zero-order valence-electron chi connectivity index (χ0n) is 16.9. The van der Waals surface area contributed by atoms with Gasteiger partial charge in [-0.25, -0.2) is 4.79 Å². The van der Waals surface area contributed by atoms with Crippen molar-refractivity contribution >= 4 is 11.6 Å². The van der Waals surface area contributed by atoms with Crippen molar-refractivity contribution < 1.29 is 4.79 Å². The third kappa shape index (κ3) is 6.05. The van der Waals surface area contributed by atoms with E-state index in [1.807, 2.05) is 6.07 Å². The largest absolute Gasteiger partial charge is 0.369 e. The second kappa shape index (κ2) is 10.1. The zero-order valence-corrected chi connectivity index (χ0v) is 16.9. The molecule has 2 aromatic rings. The molecule has 0 aliphatic carbocycles. The Morgan fingerprint density at radius 1 is 1.07 bits per heavy atom. The summed E-state index contributed by atoms with van der Waals surface area (Å²) in [6, 6.07) is 10.5. The number of hydrogen-bond donors (Lipinski definition) is 3. The maximum absolute atomic E-state index is 12.0. The van der Waals surface area contributed by atoms with Gasteiger partial charge in [-0.1, -0.05) is 18.2 Å². The van der Waals surface area contributed by atoms with Gasteiger partial charge in [-0.05, 0) is 38.4 Å². The number of amides is 1. The summed E-state index contributed by atoms with van der Waals surface area (Å²) in [6.07, 6.45) is 1.44. The lowest BCUT2D eigenvalue weighted by atomic mass is 10.1. The van der Waals surface area contributed by atoms with Crippen molar-refractivity contribution in [3.63, 3.8) is 0 Å². The summed E-state index contributed by atoms with van der Waals surface area (Å²) >= 11 is 0. The number of benzene rings is 1. The summed E-state index contributed by atoms with van der Waals surface area (Å²) in [6.45, 7) is 7.34. The number of nitrogens with one attached hydrogen (secondary N) is 3. The number of carbonyl (C=O) groups is 1. The smallest absolute Gasteiger partial charge is 0.325 e. The average molecular weight is 399 g/mol. The summed E-state index contributed by atoms with van der Waals surface area (Å²) in [5.74, 6) is -0.0797. The average Bonchev–Trinajstić information content (AvgIpc) is 2.71. The number of para-hydroxylation sites is 1. The molecule has 3 N–H and O–H groups in total. The lowest BCUT2D eigenvalue weighted by Crippen LogP contribution is -2.47. The van der Waals surface area contributed by atoms with Gasteiger partial charge in [0.15, 0.2) is 0 Å². The van der Waals surface area contributed by atoms with E-state index in [1.165, 1.54) is 5.69 Å². The number of piperazine rings is 1. The third-order valence-electron chi connectivity index (χ3n) is 5.32. The Balaban J connectivity index is 1.31. The van der Waals surface area contributed by atoms with E-state index in [0.717, 1.165) is 39.1 Å². The minimum absolute atomic E-state index is 0.0797. The van der Waals surface area contributed by atoms with Crippen LogP contribution in [0.2, 0.25) is 0 Å². The highest BCUT2D eigenvalue weighted by molar-refractivity contribution is 5.76. The van der Waals surface area contributed by atoms with Crippen LogP contribution in [0.15, 0.2) is 39.9 Å². The molecular formula is C21H29N5O3.